The van der Waals surface area contributed by atoms with Gasteiger partial charge in [-0.3, -0.25) is 14.4 Å². The van der Waals surface area contributed by atoms with E-state index in [9.17, 15) is 19.2 Å². The van der Waals surface area contributed by atoms with Crippen LogP contribution in [0.1, 0.15) is 141 Å². The van der Waals surface area contributed by atoms with Crippen molar-refractivity contribution < 1.29 is 19.2 Å². The average Bonchev–Trinajstić information content (AvgIpc) is 3.70. The van der Waals surface area contributed by atoms with Crippen molar-refractivity contribution >= 4 is 45.9 Å². The SMILES string of the molecule is C.C.CCN.CCN(CC)C(=O)Cl.CCN(CC)C(=O)N1CCC2(CCC(=O)c3ccccc3N2)CC1.CCN1CCCC1.O=C1CCC2(CCNCC2)Nc2ccccc21. The number of carbonyl (C=O) groups excluding carboxylic acids is 4. The highest BCUT2D eigenvalue weighted by molar-refractivity contribution is 6.62. The number of likely N-dealkylation sites (tertiary alicyclic amines) is 2. The Hall–Kier alpha value is -3.71. The number of para-hydroxylation sites is 2. The lowest BCUT2D eigenvalue weighted by molar-refractivity contribution is 0.0959. The van der Waals surface area contributed by atoms with Gasteiger partial charge in [0, 0.05) is 85.7 Å². The number of ketones is 2. The van der Waals surface area contributed by atoms with E-state index < -0.39 is 0 Å². The topological polar surface area (TPSA) is 143 Å². The van der Waals surface area contributed by atoms with E-state index in [1.807, 2.05) is 92.9 Å². The van der Waals surface area contributed by atoms with Crippen molar-refractivity contribution in [2.24, 2.45) is 5.73 Å². The van der Waals surface area contributed by atoms with Crippen LogP contribution in [0.25, 0.3) is 0 Å². The molecule has 3 amide bonds. The Labute approximate surface area is 375 Å². The van der Waals surface area contributed by atoms with E-state index in [4.69, 9.17) is 17.3 Å². The lowest BCUT2D eigenvalue weighted by Gasteiger charge is -2.43. The van der Waals surface area contributed by atoms with Crippen LogP contribution in [0.5, 0.6) is 0 Å². The number of Topliss-reactive ketones (excluding diaryl/α,β-unsaturated/α-hetero) is 2. The summed E-state index contributed by atoms with van der Waals surface area (Å²) in [5.74, 6) is 0.500. The molecule has 346 valence electrons. The van der Waals surface area contributed by atoms with Gasteiger partial charge in [0.15, 0.2) is 11.6 Å². The first-order chi connectivity index (χ1) is 28.4. The number of nitrogens with two attached hydrogens (primary N) is 1. The molecule has 0 aliphatic carbocycles. The fraction of sp³-hybridized carbons (Fsp3) is 0.667. The number of rotatable bonds is 5. The van der Waals surface area contributed by atoms with Gasteiger partial charge in [-0.05, 0) is 154 Å². The van der Waals surface area contributed by atoms with E-state index in [0.29, 0.717) is 25.9 Å². The fourth-order valence-electron chi connectivity index (χ4n) is 8.39. The molecule has 0 radical (unpaired) electrons. The summed E-state index contributed by atoms with van der Waals surface area (Å²) in [6, 6.07) is 15.8. The van der Waals surface area contributed by atoms with Crippen molar-refractivity contribution in [2.45, 2.75) is 132 Å². The second-order valence-corrected chi connectivity index (χ2v) is 16.2. The number of benzene rings is 2. The molecule has 5 aliphatic rings. The summed E-state index contributed by atoms with van der Waals surface area (Å²) in [4.78, 5) is 55.1. The molecule has 3 fully saturated rings. The van der Waals surface area contributed by atoms with Crippen LogP contribution in [0.15, 0.2) is 48.5 Å². The molecule has 5 N–H and O–H groups in total. The zero-order valence-electron chi connectivity index (χ0n) is 37.1. The van der Waals surface area contributed by atoms with Crippen molar-refractivity contribution in [3.63, 3.8) is 0 Å². The molecule has 0 bridgehead atoms. The summed E-state index contributed by atoms with van der Waals surface area (Å²) >= 11 is 5.13. The van der Waals surface area contributed by atoms with Crippen molar-refractivity contribution in [1.29, 1.82) is 0 Å². The van der Waals surface area contributed by atoms with Crippen molar-refractivity contribution in [3.8, 4) is 0 Å². The summed E-state index contributed by atoms with van der Waals surface area (Å²) in [5.41, 5.74) is 8.55. The van der Waals surface area contributed by atoms with Crippen molar-refractivity contribution in [3.05, 3.63) is 59.7 Å². The number of carbonyl (C=O) groups is 4. The third-order valence-corrected chi connectivity index (χ3v) is 12.4. The maximum absolute atomic E-state index is 12.5. The van der Waals surface area contributed by atoms with E-state index >= 15 is 0 Å². The molecule has 0 unspecified atom stereocenters. The standard InChI is InChI=1S/C19H27N3O2.C14H18N2O.C6H13N.C5H10ClNO.C2H7N.2CH4/c1-3-21(4-2)18(24)22-13-11-19(12-14-22)10-9-17(23)15-7-5-6-8-16(15)20-19;17-13-5-6-14(7-9-15-10-8-14)16-12-4-2-1-3-11(12)13;1-2-7-5-3-4-6-7;1-3-7(4-2)5(6)8;1-2-3;;/h5-8,20H,3-4,9-14H2,1-2H3;1-4,15-16H,5-10H2;2-6H2,1H3;3-4H2,1-2H3;2-3H2,1H3;2*1H4. The summed E-state index contributed by atoms with van der Waals surface area (Å²) in [7, 11) is 0. The summed E-state index contributed by atoms with van der Waals surface area (Å²) in [6.07, 6.45) is 9.89. The lowest BCUT2D eigenvalue weighted by Crippen LogP contribution is -2.53. The van der Waals surface area contributed by atoms with E-state index in [1.165, 1.54) is 32.5 Å². The van der Waals surface area contributed by atoms with Crippen molar-refractivity contribution in [2.75, 3.05) is 89.2 Å². The van der Waals surface area contributed by atoms with Crippen LogP contribution >= 0.6 is 11.6 Å². The Morgan fingerprint density at radius 1 is 0.656 bits per heavy atom. The normalized spacial score (nSPS) is 18.1. The summed E-state index contributed by atoms with van der Waals surface area (Å²) in [5, 5.41) is 10.3. The highest BCUT2D eigenvalue weighted by Crippen LogP contribution is 2.37. The molecule has 0 atom stereocenters. The third kappa shape index (κ3) is 16.8. The van der Waals surface area contributed by atoms with Gasteiger partial charge in [0.05, 0.1) is 0 Å². The molecule has 0 aromatic heterocycles. The molecular formula is C48H83ClN8O4. The highest BCUT2D eigenvalue weighted by Gasteiger charge is 2.39. The van der Waals surface area contributed by atoms with Crippen LogP contribution in [-0.2, 0) is 0 Å². The van der Waals surface area contributed by atoms with Gasteiger partial charge in [0.2, 0.25) is 0 Å². The summed E-state index contributed by atoms with van der Waals surface area (Å²) in [6.45, 7) is 23.1. The molecule has 3 saturated heterocycles. The van der Waals surface area contributed by atoms with E-state index in [2.05, 4.69) is 27.8 Å². The van der Waals surface area contributed by atoms with Gasteiger partial charge >= 0.3 is 11.4 Å². The Balaban J connectivity index is 0.000000436. The maximum Gasteiger partial charge on any atom is 0.319 e. The number of amides is 3. The number of anilines is 2. The second kappa shape index (κ2) is 28.8. The van der Waals surface area contributed by atoms with Gasteiger partial charge < -0.3 is 41.3 Å². The predicted octanol–water partition coefficient (Wildman–Crippen LogP) is 9.59. The third-order valence-electron chi connectivity index (χ3n) is 12.2. The first kappa shape index (κ1) is 55.3. The Morgan fingerprint density at radius 2 is 1.07 bits per heavy atom. The van der Waals surface area contributed by atoms with E-state index in [0.717, 1.165) is 107 Å². The maximum atomic E-state index is 12.5. The van der Waals surface area contributed by atoms with Gasteiger partial charge in [-0.2, -0.15) is 0 Å². The lowest BCUT2D eigenvalue weighted by atomic mass is 9.83. The van der Waals surface area contributed by atoms with Crippen LogP contribution in [0.2, 0.25) is 0 Å². The van der Waals surface area contributed by atoms with Crippen molar-refractivity contribution in [1.82, 2.24) is 24.9 Å². The number of fused-ring (bicyclic) bond motifs is 2. The molecule has 0 saturated carbocycles. The zero-order chi connectivity index (χ0) is 43.3. The first-order valence-corrected chi connectivity index (χ1v) is 22.7. The minimum Gasteiger partial charge on any atom is -0.379 e. The first-order valence-electron chi connectivity index (χ1n) is 22.4. The van der Waals surface area contributed by atoms with Crippen LogP contribution in [-0.4, -0.2) is 132 Å². The molecule has 5 heterocycles. The molecule has 13 heteroatoms. The van der Waals surface area contributed by atoms with Crippen LogP contribution in [0.4, 0.5) is 21.0 Å². The molecular weight excluding hydrogens is 788 g/mol. The number of hydrogen-bond acceptors (Lipinski definition) is 9. The van der Waals surface area contributed by atoms with Gasteiger partial charge in [-0.25, -0.2) is 4.79 Å². The smallest absolute Gasteiger partial charge is 0.319 e. The molecule has 5 aliphatic heterocycles. The van der Waals surface area contributed by atoms with Crippen LogP contribution in [0.3, 0.4) is 0 Å². The van der Waals surface area contributed by atoms with Gasteiger partial charge in [0.25, 0.3) is 0 Å². The molecule has 2 spiro atoms. The van der Waals surface area contributed by atoms with E-state index in [1.54, 1.807) is 4.90 Å². The molecule has 61 heavy (non-hydrogen) atoms. The molecule has 7 rings (SSSR count). The minimum absolute atomic E-state index is 0. The largest absolute Gasteiger partial charge is 0.379 e. The van der Waals surface area contributed by atoms with Gasteiger partial charge in [-0.15, -0.1) is 0 Å². The fourth-order valence-corrected chi connectivity index (χ4v) is 8.63. The number of hydrogen-bond donors (Lipinski definition) is 4. The van der Waals surface area contributed by atoms with Crippen LogP contribution in [0, 0.1) is 0 Å². The Bertz CT molecular complexity index is 1580. The molecule has 2 aromatic carbocycles. The monoisotopic (exact) mass is 871 g/mol. The molecule has 2 aromatic rings. The molecule has 12 nitrogen and oxygen atoms in total. The second-order valence-electron chi connectivity index (χ2n) is 15.9. The number of piperidine rings is 2. The van der Waals surface area contributed by atoms with Gasteiger partial charge in [0.1, 0.15) is 0 Å². The van der Waals surface area contributed by atoms with Gasteiger partial charge in [-0.1, -0.05) is 53.0 Å². The minimum atomic E-state index is -0.366. The van der Waals surface area contributed by atoms with E-state index in [-0.39, 0.29) is 48.9 Å². The average molecular weight is 872 g/mol. The number of nitrogens with one attached hydrogen (secondary N) is 3. The van der Waals surface area contributed by atoms with Crippen LogP contribution < -0.4 is 21.7 Å². The number of halogens is 1. The number of urea groups is 1. The highest BCUT2D eigenvalue weighted by atomic mass is 35.5. The summed E-state index contributed by atoms with van der Waals surface area (Å²) < 4.78 is 0. The Morgan fingerprint density at radius 3 is 1.43 bits per heavy atom. The quantitative estimate of drug-likeness (QED) is 0.171. The number of nitrogens with zero attached hydrogens (tertiary/aromatic N) is 4. The Kier molecular flexibility index (Phi) is 26.1. The predicted molar refractivity (Wildman–Crippen MR) is 258 cm³/mol. The zero-order valence-corrected chi connectivity index (χ0v) is 37.8.